The van der Waals surface area contributed by atoms with Crippen LogP contribution in [0.2, 0.25) is 0 Å². The number of hydrogen-bond acceptors (Lipinski definition) is 7. The molecule has 1 fully saturated rings. The number of likely N-dealkylation sites (N-methyl/N-ethyl adjacent to an activating group) is 1. The van der Waals surface area contributed by atoms with E-state index in [1.807, 2.05) is 31.2 Å². The van der Waals surface area contributed by atoms with Gasteiger partial charge in [0, 0.05) is 53.0 Å². The standard InChI is InChI=1S/C21H31N5O3S/c1-3-26(21-23-17-7-4-5-8-18(17)30-21)20(28)16-25-12-10-24(11-13-25)15-19(27)22-9-6-14-29-2/h4-5,7-8H,3,6,9-16H2,1-2H3,(H,22,27). The Hall–Kier alpha value is -2.07. The Bertz CT molecular complexity index is 802. The molecular formula is C21H31N5O3S. The summed E-state index contributed by atoms with van der Waals surface area (Å²) in [5.74, 6) is 0.115. The topological polar surface area (TPSA) is 78.0 Å². The highest BCUT2D eigenvalue weighted by molar-refractivity contribution is 7.22. The molecule has 0 unspecified atom stereocenters. The third-order valence-electron chi connectivity index (χ3n) is 5.17. The van der Waals surface area contributed by atoms with Crippen LogP contribution in [0.1, 0.15) is 13.3 Å². The number of fused-ring (bicyclic) bond motifs is 1. The van der Waals surface area contributed by atoms with Crippen LogP contribution in [0.4, 0.5) is 5.13 Å². The second-order valence-electron chi connectivity index (χ2n) is 7.35. The lowest BCUT2D eigenvalue weighted by molar-refractivity contribution is -0.124. The van der Waals surface area contributed by atoms with E-state index in [1.165, 1.54) is 0 Å². The first-order valence-electron chi connectivity index (χ1n) is 10.5. The molecule has 2 amide bonds. The van der Waals surface area contributed by atoms with E-state index in [4.69, 9.17) is 4.74 Å². The fourth-order valence-electron chi connectivity index (χ4n) is 3.48. The van der Waals surface area contributed by atoms with E-state index in [0.29, 0.717) is 32.8 Å². The summed E-state index contributed by atoms with van der Waals surface area (Å²) in [6.07, 6.45) is 0.820. The van der Waals surface area contributed by atoms with Crippen molar-refractivity contribution in [2.75, 3.05) is 71.0 Å². The van der Waals surface area contributed by atoms with Gasteiger partial charge < -0.3 is 10.1 Å². The van der Waals surface area contributed by atoms with E-state index in [1.54, 1.807) is 23.3 Å². The average molecular weight is 434 g/mol. The van der Waals surface area contributed by atoms with Gasteiger partial charge in [0.25, 0.3) is 0 Å². The van der Waals surface area contributed by atoms with E-state index in [9.17, 15) is 9.59 Å². The Morgan fingerprint density at radius 2 is 1.87 bits per heavy atom. The zero-order chi connectivity index (χ0) is 21.3. The number of ether oxygens (including phenoxy) is 1. The number of amides is 2. The van der Waals surface area contributed by atoms with Crippen LogP contribution < -0.4 is 10.2 Å². The van der Waals surface area contributed by atoms with Crippen LogP contribution in [0.25, 0.3) is 10.2 Å². The van der Waals surface area contributed by atoms with Crippen molar-refractivity contribution in [2.24, 2.45) is 0 Å². The number of para-hydroxylation sites is 1. The summed E-state index contributed by atoms with van der Waals surface area (Å²) in [5.41, 5.74) is 0.929. The van der Waals surface area contributed by atoms with Gasteiger partial charge >= 0.3 is 0 Å². The van der Waals surface area contributed by atoms with Crippen molar-refractivity contribution in [3.05, 3.63) is 24.3 Å². The van der Waals surface area contributed by atoms with Crippen LogP contribution in [0.5, 0.6) is 0 Å². The molecule has 164 valence electrons. The summed E-state index contributed by atoms with van der Waals surface area (Å²) in [4.78, 5) is 35.6. The highest BCUT2D eigenvalue weighted by atomic mass is 32.1. The molecule has 0 bridgehead atoms. The smallest absolute Gasteiger partial charge is 0.242 e. The maximum atomic E-state index is 12.9. The lowest BCUT2D eigenvalue weighted by Gasteiger charge is -2.34. The van der Waals surface area contributed by atoms with Crippen molar-refractivity contribution in [2.45, 2.75) is 13.3 Å². The number of hydrogen-bond donors (Lipinski definition) is 1. The van der Waals surface area contributed by atoms with Gasteiger partial charge in [0.2, 0.25) is 11.8 Å². The van der Waals surface area contributed by atoms with Gasteiger partial charge in [-0.25, -0.2) is 4.98 Å². The molecule has 8 nitrogen and oxygen atoms in total. The Morgan fingerprint density at radius 1 is 1.17 bits per heavy atom. The molecule has 1 saturated heterocycles. The molecule has 3 rings (SSSR count). The number of anilines is 1. The van der Waals surface area contributed by atoms with Crippen LogP contribution >= 0.6 is 11.3 Å². The highest BCUT2D eigenvalue weighted by Gasteiger charge is 2.24. The second-order valence-corrected chi connectivity index (χ2v) is 8.36. The minimum atomic E-state index is 0.0450. The second kappa shape index (κ2) is 11.4. The number of thiazole rings is 1. The third kappa shape index (κ3) is 6.21. The quantitative estimate of drug-likeness (QED) is 0.571. The van der Waals surface area contributed by atoms with Gasteiger partial charge in [0.1, 0.15) is 0 Å². The van der Waals surface area contributed by atoms with E-state index >= 15 is 0 Å². The van der Waals surface area contributed by atoms with Crippen molar-refractivity contribution < 1.29 is 14.3 Å². The molecular weight excluding hydrogens is 402 g/mol. The number of rotatable bonds is 10. The van der Waals surface area contributed by atoms with Gasteiger partial charge in [-0.15, -0.1) is 0 Å². The van der Waals surface area contributed by atoms with Crippen molar-refractivity contribution >= 4 is 38.5 Å². The largest absolute Gasteiger partial charge is 0.385 e. The molecule has 30 heavy (non-hydrogen) atoms. The lowest BCUT2D eigenvalue weighted by atomic mass is 10.3. The predicted molar refractivity (Wildman–Crippen MR) is 120 cm³/mol. The number of aromatic nitrogens is 1. The van der Waals surface area contributed by atoms with E-state index in [0.717, 1.165) is 47.9 Å². The number of carbonyl (C=O) groups is 2. The summed E-state index contributed by atoms with van der Waals surface area (Å²) in [6, 6.07) is 7.95. The first-order chi connectivity index (χ1) is 14.6. The van der Waals surface area contributed by atoms with Crippen molar-refractivity contribution in [3.63, 3.8) is 0 Å². The van der Waals surface area contributed by atoms with E-state index < -0.39 is 0 Å². The summed E-state index contributed by atoms with van der Waals surface area (Å²) < 4.78 is 6.07. The van der Waals surface area contributed by atoms with Crippen molar-refractivity contribution in [3.8, 4) is 0 Å². The van der Waals surface area contributed by atoms with E-state index in [2.05, 4.69) is 20.1 Å². The van der Waals surface area contributed by atoms with Crippen molar-refractivity contribution in [1.82, 2.24) is 20.1 Å². The molecule has 0 saturated carbocycles. The Morgan fingerprint density at radius 3 is 2.53 bits per heavy atom. The molecule has 0 radical (unpaired) electrons. The molecule has 0 aliphatic carbocycles. The van der Waals surface area contributed by atoms with Crippen LogP contribution in [-0.2, 0) is 14.3 Å². The molecule has 2 heterocycles. The minimum Gasteiger partial charge on any atom is -0.385 e. The Kier molecular flexibility index (Phi) is 8.56. The Labute approximate surface area is 181 Å². The molecule has 1 aliphatic rings. The van der Waals surface area contributed by atoms with Crippen molar-refractivity contribution in [1.29, 1.82) is 0 Å². The zero-order valence-corrected chi connectivity index (χ0v) is 18.6. The number of benzene rings is 1. The van der Waals surface area contributed by atoms with Gasteiger partial charge in [0.05, 0.1) is 23.3 Å². The predicted octanol–water partition coefficient (Wildman–Crippen LogP) is 1.42. The summed E-state index contributed by atoms with van der Waals surface area (Å²) >= 11 is 1.55. The SMILES string of the molecule is CCN(C(=O)CN1CCN(CC(=O)NCCCOC)CC1)c1nc2ccccc2s1. The molecule has 1 N–H and O–H groups in total. The molecule has 1 aliphatic heterocycles. The molecule has 1 aromatic heterocycles. The van der Waals surface area contributed by atoms with E-state index in [-0.39, 0.29) is 11.8 Å². The summed E-state index contributed by atoms with van der Waals surface area (Å²) in [7, 11) is 1.66. The van der Waals surface area contributed by atoms with Crippen LogP contribution in [0.3, 0.4) is 0 Å². The maximum absolute atomic E-state index is 12.9. The van der Waals surface area contributed by atoms with Crippen LogP contribution in [-0.4, -0.2) is 92.7 Å². The van der Waals surface area contributed by atoms with Crippen LogP contribution in [0.15, 0.2) is 24.3 Å². The normalized spacial score (nSPS) is 15.4. The fraction of sp³-hybridized carbons (Fsp3) is 0.571. The molecule has 9 heteroatoms. The van der Waals surface area contributed by atoms with Crippen LogP contribution in [0, 0.1) is 0 Å². The number of nitrogens with zero attached hydrogens (tertiary/aromatic N) is 4. The monoisotopic (exact) mass is 433 g/mol. The molecule has 0 atom stereocenters. The fourth-order valence-corrected chi connectivity index (χ4v) is 4.53. The Balaban J connectivity index is 1.44. The van der Waals surface area contributed by atoms with Gasteiger partial charge in [0.15, 0.2) is 5.13 Å². The molecule has 2 aromatic rings. The third-order valence-corrected chi connectivity index (χ3v) is 6.23. The minimum absolute atomic E-state index is 0.0450. The first kappa shape index (κ1) is 22.6. The van der Waals surface area contributed by atoms with Gasteiger partial charge in [-0.2, -0.15) is 0 Å². The zero-order valence-electron chi connectivity index (χ0n) is 17.8. The highest BCUT2D eigenvalue weighted by Crippen LogP contribution is 2.28. The van der Waals surface area contributed by atoms with Gasteiger partial charge in [-0.3, -0.25) is 24.3 Å². The van der Waals surface area contributed by atoms with Gasteiger partial charge in [-0.05, 0) is 25.5 Å². The number of piperazine rings is 1. The summed E-state index contributed by atoms with van der Waals surface area (Å²) in [5, 5.41) is 3.68. The molecule has 1 aromatic carbocycles. The first-order valence-corrected chi connectivity index (χ1v) is 11.3. The maximum Gasteiger partial charge on any atom is 0.242 e. The summed E-state index contributed by atoms with van der Waals surface area (Å²) in [6.45, 7) is 7.77. The number of nitrogens with one attached hydrogen (secondary N) is 1. The van der Waals surface area contributed by atoms with Gasteiger partial charge in [-0.1, -0.05) is 23.5 Å². The lowest BCUT2D eigenvalue weighted by Crippen LogP contribution is -2.52. The molecule has 0 spiro atoms. The average Bonchev–Trinajstić information content (AvgIpc) is 3.17. The number of carbonyl (C=O) groups excluding carboxylic acids is 2. The number of methoxy groups -OCH3 is 1.